The van der Waals surface area contributed by atoms with Gasteiger partial charge in [-0.05, 0) is 101 Å². The van der Waals surface area contributed by atoms with Crippen LogP contribution < -0.4 is 0 Å². The minimum Gasteiger partial charge on any atom is -0.282 e. The van der Waals surface area contributed by atoms with Crippen LogP contribution in [0.4, 0.5) is 0 Å². The Morgan fingerprint density at radius 2 is 1.06 bits per heavy atom. The van der Waals surface area contributed by atoms with Gasteiger partial charge >= 0.3 is 0 Å². The molecule has 9 aromatic rings. The lowest BCUT2D eigenvalue weighted by molar-refractivity contribution is 1.41. The van der Waals surface area contributed by atoms with Gasteiger partial charge in [0.1, 0.15) is 0 Å². The third-order valence-corrected chi connectivity index (χ3v) is 9.68. The minimum absolute atomic E-state index is 0.235. The lowest BCUT2D eigenvalue weighted by atomic mass is 9.89. The summed E-state index contributed by atoms with van der Waals surface area (Å²) in [7, 11) is 0. The second kappa shape index (κ2) is 12.4. The maximum absolute atomic E-state index is 8.77. The molecule has 0 aliphatic rings. The monoisotopic (exact) mass is 636 g/mol. The molecule has 234 valence electrons. The molecule has 0 amide bonds. The third-order valence-electron chi connectivity index (χ3n) is 9.68. The Balaban J connectivity index is 1.12. The molecule has 0 heterocycles. The van der Waals surface area contributed by atoms with Crippen LogP contribution in [-0.2, 0) is 0 Å². The maximum atomic E-state index is 8.77. The fourth-order valence-corrected chi connectivity index (χ4v) is 7.16. The van der Waals surface area contributed by atoms with Crippen molar-refractivity contribution in [3.8, 4) is 11.1 Å². The van der Waals surface area contributed by atoms with Crippen LogP contribution in [0.1, 0.15) is 16.7 Å². The highest BCUT2D eigenvalue weighted by atomic mass is 14.8. The molecule has 0 atom stereocenters. The van der Waals surface area contributed by atoms with Crippen molar-refractivity contribution in [1.29, 1.82) is 5.41 Å². The standard InChI is InChI=1S/C48H32N2/c49-48(35-12-2-1-3-13-35)50-46(40-23-21-33-10-4-5-14-36(33)29-40)27-19-32-18-20-38-30-41(24-22-37(38)28-32)47-43-17-9-7-15-39(43)31-45-42-16-8-6-11-34(42)25-26-44(45)47/h1-31,49H/b27-19+,49-48?,50-46?. The SMILES string of the molecule is N=C(N=C(/C=C/c1ccc2cc(-c3c4ccccc4cc4c3ccc3ccccc34)ccc2c1)c1ccc2ccccc2c1)c1ccccc1. The topological polar surface area (TPSA) is 36.2 Å². The van der Waals surface area contributed by atoms with Crippen LogP contribution in [0.3, 0.4) is 0 Å². The molecule has 0 bridgehead atoms. The van der Waals surface area contributed by atoms with Crippen molar-refractivity contribution in [1.82, 2.24) is 0 Å². The van der Waals surface area contributed by atoms with Crippen molar-refractivity contribution in [3.05, 3.63) is 199 Å². The average Bonchev–Trinajstić information content (AvgIpc) is 3.18. The Bertz CT molecular complexity index is 2820. The molecule has 0 saturated heterocycles. The molecule has 1 N–H and O–H groups in total. The van der Waals surface area contributed by atoms with E-state index in [-0.39, 0.29) is 5.84 Å². The summed E-state index contributed by atoms with van der Waals surface area (Å²) in [6, 6.07) is 62.0. The van der Waals surface area contributed by atoms with Crippen molar-refractivity contribution in [3.63, 3.8) is 0 Å². The summed E-state index contributed by atoms with van der Waals surface area (Å²) in [6.07, 6.45) is 4.13. The number of benzene rings is 9. The predicted octanol–water partition coefficient (Wildman–Crippen LogP) is 12.6. The zero-order valence-corrected chi connectivity index (χ0v) is 27.3. The molecule has 9 aromatic carbocycles. The number of nitrogens with one attached hydrogen (secondary N) is 1. The normalized spacial score (nSPS) is 12.1. The highest BCUT2D eigenvalue weighted by Gasteiger charge is 2.13. The first-order valence-electron chi connectivity index (χ1n) is 17.0. The first kappa shape index (κ1) is 29.5. The van der Waals surface area contributed by atoms with E-state index in [0.29, 0.717) is 0 Å². The lowest BCUT2D eigenvalue weighted by Crippen LogP contribution is -2.03. The van der Waals surface area contributed by atoms with Crippen molar-refractivity contribution in [2.75, 3.05) is 0 Å². The van der Waals surface area contributed by atoms with E-state index in [0.717, 1.165) is 27.8 Å². The number of fused-ring (bicyclic) bond motifs is 6. The largest absolute Gasteiger partial charge is 0.282 e. The Hall–Kier alpha value is -6.64. The summed E-state index contributed by atoms with van der Waals surface area (Å²) in [6.45, 7) is 0. The molecule has 0 aliphatic carbocycles. The molecule has 0 saturated carbocycles. The van der Waals surface area contributed by atoms with Gasteiger partial charge in [0.2, 0.25) is 0 Å². The van der Waals surface area contributed by atoms with E-state index in [1.807, 2.05) is 36.4 Å². The Morgan fingerprint density at radius 3 is 1.92 bits per heavy atom. The number of hydrogen-bond donors (Lipinski definition) is 1. The number of nitrogens with zero attached hydrogens (tertiary/aromatic N) is 1. The maximum Gasteiger partial charge on any atom is 0.152 e. The second-order valence-electron chi connectivity index (χ2n) is 12.8. The highest BCUT2D eigenvalue weighted by molar-refractivity contribution is 6.21. The number of allylic oxidation sites excluding steroid dienone is 1. The molecule has 0 radical (unpaired) electrons. The van der Waals surface area contributed by atoms with Crippen LogP contribution in [0.2, 0.25) is 0 Å². The molecule has 0 fully saturated rings. The number of rotatable bonds is 5. The van der Waals surface area contributed by atoms with Crippen LogP contribution in [0.25, 0.3) is 71.1 Å². The fraction of sp³-hybridized carbons (Fsp3) is 0. The number of aliphatic imine (C=N–C) groups is 1. The molecule has 9 rings (SSSR count). The molecular formula is C48H32N2. The molecule has 2 nitrogen and oxygen atoms in total. The molecule has 0 aliphatic heterocycles. The Labute approximate surface area is 290 Å². The number of hydrogen-bond acceptors (Lipinski definition) is 1. The molecular weight excluding hydrogens is 605 g/mol. The smallest absolute Gasteiger partial charge is 0.152 e. The van der Waals surface area contributed by atoms with E-state index in [1.54, 1.807) is 0 Å². The van der Waals surface area contributed by atoms with Gasteiger partial charge in [-0.25, -0.2) is 4.99 Å². The van der Waals surface area contributed by atoms with Gasteiger partial charge in [-0.2, -0.15) is 0 Å². The first-order valence-corrected chi connectivity index (χ1v) is 17.0. The second-order valence-corrected chi connectivity index (χ2v) is 12.8. The summed E-state index contributed by atoms with van der Waals surface area (Å²) in [4.78, 5) is 4.83. The van der Waals surface area contributed by atoms with E-state index in [9.17, 15) is 0 Å². The van der Waals surface area contributed by atoms with Crippen molar-refractivity contribution in [2.24, 2.45) is 4.99 Å². The van der Waals surface area contributed by atoms with Crippen LogP contribution >= 0.6 is 0 Å². The van der Waals surface area contributed by atoms with Crippen molar-refractivity contribution in [2.45, 2.75) is 0 Å². The van der Waals surface area contributed by atoms with Gasteiger partial charge in [0.05, 0.1) is 5.71 Å². The van der Waals surface area contributed by atoms with Gasteiger partial charge in [0, 0.05) is 11.1 Å². The molecule has 0 aromatic heterocycles. The highest BCUT2D eigenvalue weighted by Crippen LogP contribution is 2.40. The summed E-state index contributed by atoms with van der Waals surface area (Å²) in [5.74, 6) is 0.235. The molecule has 0 unspecified atom stereocenters. The minimum atomic E-state index is 0.235. The summed E-state index contributed by atoms with van der Waals surface area (Å²) < 4.78 is 0. The van der Waals surface area contributed by atoms with Gasteiger partial charge in [0.25, 0.3) is 0 Å². The van der Waals surface area contributed by atoms with Crippen molar-refractivity contribution >= 4 is 71.5 Å². The van der Waals surface area contributed by atoms with E-state index in [1.165, 1.54) is 59.6 Å². The van der Waals surface area contributed by atoms with Gasteiger partial charge in [-0.1, -0.05) is 158 Å². The summed E-state index contributed by atoms with van der Waals surface area (Å²) in [5.41, 5.74) is 6.06. The van der Waals surface area contributed by atoms with Crippen LogP contribution in [0.5, 0.6) is 0 Å². The van der Waals surface area contributed by atoms with Crippen molar-refractivity contribution < 1.29 is 0 Å². The Morgan fingerprint density at radius 1 is 0.420 bits per heavy atom. The van der Waals surface area contributed by atoms with E-state index in [2.05, 4.69) is 152 Å². The van der Waals surface area contributed by atoms with E-state index < -0.39 is 0 Å². The summed E-state index contributed by atoms with van der Waals surface area (Å²) >= 11 is 0. The van der Waals surface area contributed by atoms with E-state index in [4.69, 9.17) is 10.4 Å². The van der Waals surface area contributed by atoms with Gasteiger partial charge in [-0.15, -0.1) is 0 Å². The van der Waals surface area contributed by atoms with Gasteiger partial charge in [0.15, 0.2) is 5.84 Å². The predicted molar refractivity (Wildman–Crippen MR) is 215 cm³/mol. The average molecular weight is 637 g/mol. The van der Waals surface area contributed by atoms with Crippen LogP contribution in [-0.4, -0.2) is 11.5 Å². The van der Waals surface area contributed by atoms with Gasteiger partial charge in [-0.3, -0.25) is 5.41 Å². The third kappa shape index (κ3) is 5.43. The first-order chi connectivity index (χ1) is 24.7. The zero-order valence-electron chi connectivity index (χ0n) is 27.3. The molecule has 0 spiro atoms. The zero-order chi connectivity index (χ0) is 33.4. The lowest BCUT2D eigenvalue weighted by Gasteiger charge is -2.15. The number of amidine groups is 1. The Kier molecular flexibility index (Phi) is 7.33. The fourth-order valence-electron chi connectivity index (χ4n) is 7.16. The summed E-state index contributed by atoms with van der Waals surface area (Å²) in [5, 5.41) is 21.0. The quantitative estimate of drug-likeness (QED) is 0.0845. The van der Waals surface area contributed by atoms with Gasteiger partial charge < -0.3 is 0 Å². The van der Waals surface area contributed by atoms with E-state index >= 15 is 0 Å². The molecule has 50 heavy (non-hydrogen) atoms. The van der Waals surface area contributed by atoms with Crippen LogP contribution in [0.15, 0.2) is 187 Å². The van der Waals surface area contributed by atoms with Crippen LogP contribution in [0, 0.1) is 5.41 Å². The molecule has 2 heteroatoms.